The first-order chi connectivity index (χ1) is 8.69. The molecular formula is C12H22N4O2. The summed E-state index contributed by atoms with van der Waals surface area (Å²) in [6.07, 6.45) is 4.24. The summed E-state index contributed by atoms with van der Waals surface area (Å²) in [7, 11) is 1.65. The second kappa shape index (κ2) is 7.81. The number of aromatic nitrogens is 3. The average molecular weight is 254 g/mol. The molecule has 0 unspecified atom stereocenters. The highest BCUT2D eigenvalue weighted by molar-refractivity contribution is 5.76. The van der Waals surface area contributed by atoms with Crippen molar-refractivity contribution < 1.29 is 9.53 Å². The van der Waals surface area contributed by atoms with E-state index in [4.69, 9.17) is 10.5 Å². The average Bonchev–Trinajstić information content (AvgIpc) is 2.69. The Morgan fingerprint density at radius 3 is 2.83 bits per heavy atom. The number of unbranched alkanes of at least 4 members (excludes halogenated alkanes) is 2. The van der Waals surface area contributed by atoms with Crippen LogP contribution in [0.15, 0.2) is 0 Å². The minimum Gasteiger partial charge on any atom is -0.384 e. The third-order valence-corrected chi connectivity index (χ3v) is 2.78. The summed E-state index contributed by atoms with van der Waals surface area (Å²) < 4.78 is 6.94. The molecule has 0 aromatic carbocycles. The van der Waals surface area contributed by atoms with E-state index in [9.17, 15) is 4.79 Å². The molecule has 6 nitrogen and oxygen atoms in total. The Morgan fingerprint density at radius 1 is 1.44 bits per heavy atom. The predicted octanol–water partition coefficient (Wildman–Crippen LogP) is 0.685. The van der Waals surface area contributed by atoms with Crippen LogP contribution in [0.3, 0.4) is 0 Å². The molecule has 0 aliphatic heterocycles. The van der Waals surface area contributed by atoms with Gasteiger partial charge in [0.05, 0.1) is 24.4 Å². The summed E-state index contributed by atoms with van der Waals surface area (Å²) in [5, 5.41) is 8.14. The number of carbonyl (C=O) groups is 1. The van der Waals surface area contributed by atoms with Crippen molar-refractivity contribution in [3.8, 4) is 0 Å². The van der Waals surface area contributed by atoms with Crippen LogP contribution in [-0.4, -0.2) is 34.6 Å². The lowest BCUT2D eigenvalue weighted by atomic mass is 10.2. The van der Waals surface area contributed by atoms with E-state index in [1.54, 1.807) is 7.11 Å². The highest BCUT2D eigenvalue weighted by Gasteiger charge is 2.14. The van der Waals surface area contributed by atoms with Gasteiger partial charge in [0.1, 0.15) is 0 Å². The first kappa shape index (κ1) is 14.6. The molecule has 0 radical (unpaired) electrons. The van der Waals surface area contributed by atoms with Gasteiger partial charge in [0, 0.05) is 20.1 Å². The molecule has 0 saturated carbocycles. The van der Waals surface area contributed by atoms with E-state index < -0.39 is 0 Å². The van der Waals surface area contributed by atoms with Gasteiger partial charge in [-0.3, -0.25) is 4.79 Å². The highest BCUT2D eigenvalue weighted by Crippen LogP contribution is 2.09. The van der Waals surface area contributed by atoms with Crippen molar-refractivity contribution in [3.05, 3.63) is 11.4 Å². The summed E-state index contributed by atoms with van der Waals surface area (Å²) in [6, 6.07) is 0. The third kappa shape index (κ3) is 4.44. The molecule has 1 heterocycles. The molecule has 0 aliphatic rings. The van der Waals surface area contributed by atoms with E-state index in [2.05, 4.69) is 17.2 Å². The maximum absolute atomic E-state index is 11.0. The van der Waals surface area contributed by atoms with Gasteiger partial charge in [0.2, 0.25) is 5.91 Å². The van der Waals surface area contributed by atoms with E-state index in [1.807, 2.05) is 4.68 Å². The van der Waals surface area contributed by atoms with Crippen molar-refractivity contribution >= 4 is 5.91 Å². The number of nitrogens with two attached hydrogens (primary N) is 1. The second-order valence-electron chi connectivity index (χ2n) is 4.30. The number of amides is 1. The summed E-state index contributed by atoms with van der Waals surface area (Å²) in [4.78, 5) is 11.0. The lowest BCUT2D eigenvalue weighted by molar-refractivity contribution is -0.117. The summed E-state index contributed by atoms with van der Waals surface area (Å²) in [5.74, 6) is -0.380. The van der Waals surface area contributed by atoms with Gasteiger partial charge in [-0.2, -0.15) is 0 Å². The van der Waals surface area contributed by atoms with Crippen LogP contribution in [0.4, 0.5) is 0 Å². The Kier molecular flexibility index (Phi) is 6.35. The molecule has 0 fully saturated rings. The fraction of sp³-hybridized carbons (Fsp3) is 0.750. The van der Waals surface area contributed by atoms with Crippen LogP contribution in [0.25, 0.3) is 0 Å². The number of ether oxygens (including phenoxy) is 1. The van der Waals surface area contributed by atoms with E-state index in [-0.39, 0.29) is 12.3 Å². The zero-order chi connectivity index (χ0) is 13.4. The van der Waals surface area contributed by atoms with Gasteiger partial charge in [-0.15, -0.1) is 5.10 Å². The van der Waals surface area contributed by atoms with Gasteiger partial charge in [0.25, 0.3) is 0 Å². The zero-order valence-corrected chi connectivity index (χ0v) is 11.2. The number of methoxy groups -OCH3 is 1. The van der Waals surface area contributed by atoms with Crippen LogP contribution in [-0.2, 0) is 28.9 Å². The number of carbonyl (C=O) groups excluding carboxylic acids is 1. The first-order valence-corrected chi connectivity index (χ1v) is 6.37. The fourth-order valence-corrected chi connectivity index (χ4v) is 1.83. The molecule has 0 aliphatic carbocycles. The van der Waals surface area contributed by atoms with Crippen LogP contribution in [0, 0.1) is 0 Å². The molecule has 6 heteroatoms. The molecule has 102 valence electrons. The van der Waals surface area contributed by atoms with Crippen LogP contribution in [0.5, 0.6) is 0 Å². The fourth-order valence-electron chi connectivity index (χ4n) is 1.83. The number of rotatable bonds is 9. The van der Waals surface area contributed by atoms with Crippen LogP contribution < -0.4 is 5.73 Å². The lowest BCUT2D eigenvalue weighted by Crippen LogP contribution is -2.16. The molecule has 0 saturated heterocycles. The molecular weight excluding hydrogens is 232 g/mol. The molecule has 18 heavy (non-hydrogen) atoms. The van der Waals surface area contributed by atoms with Gasteiger partial charge in [0.15, 0.2) is 0 Å². The van der Waals surface area contributed by atoms with Crippen LogP contribution >= 0.6 is 0 Å². The molecule has 0 atom stereocenters. The number of nitrogens with zero attached hydrogens (tertiary/aromatic N) is 3. The SMILES string of the molecule is CCCCCn1nnc(CC(N)=O)c1CCOC. The number of primary amides is 1. The number of aryl methyl sites for hydroxylation is 1. The smallest absolute Gasteiger partial charge is 0.223 e. The Balaban J connectivity index is 2.74. The van der Waals surface area contributed by atoms with Crippen molar-refractivity contribution in [2.75, 3.05) is 13.7 Å². The van der Waals surface area contributed by atoms with Gasteiger partial charge in [-0.25, -0.2) is 4.68 Å². The highest BCUT2D eigenvalue weighted by atomic mass is 16.5. The maximum atomic E-state index is 11.0. The van der Waals surface area contributed by atoms with Crippen molar-refractivity contribution in [2.45, 2.75) is 45.6 Å². The van der Waals surface area contributed by atoms with E-state index in [0.29, 0.717) is 18.7 Å². The minimum absolute atomic E-state index is 0.146. The van der Waals surface area contributed by atoms with E-state index >= 15 is 0 Å². The molecule has 2 N–H and O–H groups in total. The van der Waals surface area contributed by atoms with Gasteiger partial charge < -0.3 is 10.5 Å². The Morgan fingerprint density at radius 2 is 2.22 bits per heavy atom. The summed E-state index contributed by atoms with van der Waals surface area (Å²) in [5.41, 5.74) is 6.85. The second-order valence-corrected chi connectivity index (χ2v) is 4.30. The minimum atomic E-state index is -0.380. The van der Waals surface area contributed by atoms with E-state index in [0.717, 1.165) is 31.5 Å². The quantitative estimate of drug-likeness (QED) is 0.657. The largest absolute Gasteiger partial charge is 0.384 e. The number of hydrogen-bond donors (Lipinski definition) is 1. The molecule has 1 amide bonds. The Labute approximate surface area is 107 Å². The standard InChI is InChI=1S/C12H22N4O2/c1-3-4-5-7-16-11(6-8-18-2)10(14-15-16)9-12(13)17/h3-9H2,1-2H3,(H2,13,17). The molecule has 0 spiro atoms. The summed E-state index contributed by atoms with van der Waals surface area (Å²) >= 11 is 0. The molecule has 0 bridgehead atoms. The molecule has 1 aromatic rings. The monoisotopic (exact) mass is 254 g/mol. The normalized spacial score (nSPS) is 10.8. The first-order valence-electron chi connectivity index (χ1n) is 6.37. The van der Waals surface area contributed by atoms with Gasteiger partial charge >= 0.3 is 0 Å². The Bertz CT molecular complexity index is 376. The van der Waals surface area contributed by atoms with Crippen molar-refractivity contribution in [1.82, 2.24) is 15.0 Å². The molecule has 1 aromatic heterocycles. The zero-order valence-electron chi connectivity index (χ0n) is 11.2. The van der Waals surface area contributed by atoms with Crippen LogP contribution in [0.1, 0.15) is 37.6 Å². The topological polar surface area (TPSA) is 83.0 Å². The number of hydrogen-bond acceptors (Lipinski definition) is 4. The van der Waals surface area contributed by atoms with Crippen molar-refractivity contribution in [3.63, 3.8) is 0 Å². The third-order valence-electron chi connectivity index (χ3n) is 2.78. The van der Waals surface area contributed by atoms with Gasteiger partial charge in [-0.05, 0) is 6.42 Å². The molecule has 1 rings (SSSR count). The van der Waals surface area contributed by atoms with Crippen LogP contribution in [0.2, 0.25) is 0 Å². The maximum Gasteiger partial charge on any atom is 0.223 e. The Hall–Kier alpha value is -1.43. The predicted molar refractivity (Wildman–Crippen MR) is 68.0 cm³/mol. The van der Waals surface area contributed by atoms with E-state index in [1.165, 1.54) is 0 Å². The summed E-state index contributed by atoms with van der Waals surface area (Å²) in [6.45, 7) is 3.58. The van der Waals surface area contributed by atoms with Crippen molar-refractivity contribution in [1.29, 1.82) is 0 Å². The van der Waals surface area contributed by atoms with Gasteiger partial charge in [-0.1, -0.05) is 25.0 Å². The lowest BCUT2D eigenvalue weighted by Gasteiger charge is -2.07. The van der Waals surface area contributed by atoms with Crippen molar-refractivity contribution in [2.24, 2.45) is 5.73 Å².